The third-order valence-corrected chi connectivity index (χ3v) is 4.28. The van der Waals surface area contributed by atoms with Crippen LogP contribution < -0.4 is 10.6 Å². The molecule has 26 heavy (non-hydrogen) atoms. The lowest BCUT2D eigenvalue weighted by atomic mass is 9.85. The van der Waals surface area contributed by atoms with Crippen LogP contribution in [0, 0.1) is 10.8 Å². The molecule has 1 fully saturated rings. The molecule has 0 bridgehead atoms. The van der Waals surface area contributed by atoms with Gasteiger partial charge in [-0.3, -0.25) is 9.59 Å². The zero-order valence-electron chi connectivity index (χ0n) is 17.3. The average molecular weight is 370 g/mol. The molecule has 1 heterocycles. The van der Waals surface area contributed by atoms with Gasteiger partial charge in [0.15, 0.2) is 0 Å². The Kier molecular flexibility index (Phi) is 7.47. The topological polar surface area (TPSA) is 87.7 Å². The van der Waals surface area contributed by atoms with Crippen LogP contribution in [0.25, 0.3) is 0 Å². The summed E-state index contributed by atoms with van der Waals surface area (Å²) in [6.07, 6.45) is 1.96. The minimum atomic E-state index is -0.659. The number of esters is 1. The Bertz CT molecular complexity index is 520. The van der Waals surface area contributed by atoms with Crippen molar-refractivity contribution in [2.75, 3.05) is 19.7 Å². The number of urea groups is 1. The Morgan fingerprint density at radius 1 is 1.15 bits per heavy atom. The summed E-state index contributed by atoms with van der Waals surface area (Å²) in [5.74, 6) is -0.574. The van der Waals surface area contributed by atoms with Crippen LogP contribution in [-0.4, -0.2) is 54.6 Å². The summed E-state index contributed by atoms with van der Waals surface area (Å²) >= 11 is 0. The summed E-state index contributed by atoms with van der Waals surface area (Å²) in [6, 6.07) is -1.02. The van der Waals surface area contributed by atoms with Gasteiger partial charge in [0.2, 0.25) is 5.91 Å². The Morgan fingerprint density at radius 3 is 2.23 bits per heavy atom. The molecule has 2 atom stereocenters. The van der Waals surface area contributed by atoms with Crippen LogP contribution in [0.4, 0.5) is 4.79 Å². The second-order valence-corrected chi connectivity index (χ2v) is 9.37. The normalized spacial score (nSPS) is 19.0. The van der Waals surface area contributed by atoms with Crippen molar-refractivity contribution in [3.8, 4) is 0 Å². The van der Waals surface area contributed by atoms with Gasteiger partial charge in [-0.05, 0) is 30.6 Å². The molecule has 0 radical (unpaired) electrons. The maximum atomic E-state index is 12.9. The van der Waals surface area contributed by atoms with E-state index in [9.17, 15) is 14.4 Å². The minimum Gasteiger partial charge on any atom is -0.464 e. The van der Waals surface area contributed by atoms with E-state index in [0.29, 0.717) is 0 Å². The van der Waals surface area contributed by atoms with Crippen molar-refractivity contribution in [2.24, 2.45) is 10.8 Å². The third-order valence-electron chi connectivity index (χ3n) is 4.28. The molecule has 0 aromatic rings. The van der Waals surface area contributed by atoms with E-state index in [1.165, 1.54) is 0 Å². The summed E-state index contributed by atoms with van der Waals surface area (Å²) in [5.41, 5.74) is -0.572. The molecule has 0 spiro atoms. The van der Waals surface area contributed by atoms with Crippen molar-refractivity contribution in [2.45, 2.75) is 73.4 Å². The van der Waals surface area contributed by atoms with Crippen molar-refractivity contribution in [3.05, 3.63) is 0 Å². The maximum Gasteiger partial charge on any atom is 0.325 e. The molecule has 1 aliphatic rings. The molecule has 0 saturated carbocycles. The van der Waals surface area contributed by atoms with Gasteiger partial charge in [0.25, 0.3) is 0 Å². The van der Waals surface area contributed by atoms with Crippen LogP contribution >= 0.6 is 0 Å². The van der Waals surface area contributed by atoms with E-state index in [4.69, 9.17) is 4.74 Å². The number of carbonyl (C=O) groups excluding carboxylic acids is 3. The van der Waals surface area contributed by atoms with Crippen LogP contribution in [0.5, 0.6) is 0 Å². The molecule has 1 aliphatic heterocycles. The predicted octanol–water partition coefficient (Wildman–Crippen LogP) is 2.30. The Balaban J connectivity index is 2.59. The molecule has 150 valence electrons. The number of hydrogen-bond acceptors (Lipinski definition) is 4. The Hall–Kier alpha value is -1.79. The van der Waals surface area contributed by atoms with Crippen LogP contribution in [0.2, 0.25) is 0 Å². The summed E-state index contributed by atoms with van der Waals surface area (Å²) in [4.78, 5) is 38.6. The molecule has 0 aliphatic carbocycles. The van der Waals surface area contributed by atoms with Crippen molar-refractivity contribution in [3.63, 3.8) is 0 Å². The van der Waals surface area contributed by atoms with E-state index in [2.05, 4.69) is 10.6 Å². The fourth-order valence-corrected chi connectivity index (χ4v) is 2.76. The second kappa shape index (κ2) is 8.73. The van der Waals surface area contributed by atoms with Gasteiger partial charge >= 0.3 is 12.0 Å². The highest BCUT2D eigenvalue weighted by atomic mass is 16.5. The molecule has 7 heteroatoms. The summed E-state index contributed by atoms with van der Waals surface area (Å²) in [6.45, 7) is 14.4. The summed E-state index contributed by atoms with van der Waals surface area (Å²) in [5, 5.41) is 5.22. The number of nitrogens with zero attached hydrogens (tertiary/aromatic N) is 1. The molecule has 1 rings (SSSR count). The van der Waals surface area contributed by atoms with Crippen molar-refractivity contribution >= 4 is 17.9 Å². The zero-order valence-corrected chi connectivity index (χ0v) is 17.3. The molecular formula is C19H35N3O4. The first kappa shape index (κ1) is 22.3. The van der Waals surface area contributed by atoms with E-state index >= 15 is 0 Å². The number of likely N-dealkylation sites (tertiary alicyclic amines) is 1. The fourth-order valence-electron chi connectivity index (χ4n) is 2.76. The van der Waals surface area contributed by atoms with E-state index in [1.807, 2.05) is 53.4 Å². The number of rotatable bonds is 5. The Morgan fingerprint density at radius 2 is 1.77 bits per heavy atom. The van der Waals surface area contributed by atoms with Crippen LogP contribution in [-0.2, 0) is 14.3 Å². The molecule has 0 aromatic heterocycles. The van der Waals surface area contributed by atoms with Gasteiger partial charge in [-0.15, -0.1) is 0 Å². The van der Waals surface area contributed by atoms with Gasteiger partial charge in [0.1, 0.15) is 12.6 Å². The van der Waals surface area contributed by atoms with E-state index in [-0.39, 0.29) is 30.5 Å². The number of amides is 3. The molecule has 3 amide bonds. The highest BCUT2D eigenvalue weighted by Gasteiger charge is 2.38. The number of hydrogen-bond donors (Lipinski definition) is 2. The highest BCUT2D eigenvalue weighted by molar-refractivity contribution is 5.89. The third kappa shape index (κ3) is 7.22. The van der Waals surface area contributed by atoms with Crippen molar-refractivity contribution in [1.29, 1.82) is 0 Å². The fraction of sp³-hybridized carbons (Fsp3) is 0.842. The van der Waals surface area contributed by atoms with Gasteiger partial charge in [0.05, 0.1) is 6.61 Å². The lowest BCUT2D eigenvalue weighted by Crippen LogP contribution is -2.57. The molecular weight excluding hydrogens is 334 g/mol. The van der Waals surface area contributed by atoms with E-state index < -0.39 is 23.5 Å². The first-order valence-corrected chi connectivity index (χ1v) is 9.32. The standard InChI is InChI=1S/C19H35N3O4/c1-13-9-8-10-22(13)16(24)15(19(5,6)7)21-17(25)20-11-14(23)26-12-18(2,3)4/h13,15H,8-12H2,1-7H3,(H2,20,21,25). The van der Waals surface area contributed by atoms with Crippen LogP contribution in [0.3, 0.4) is 0 Å². The highest BCUT2D eigenvalue weighted by Crippen LogP contribution is 2.25. The lowest BCUT2D eigenvalue weighted by molar-refractivity contribution is -0.145. The summed E-state index contributed by atoms with van der Waals surface area (Å²) < 4.78 is 5.12. The average Bonchev–Trinajstić information content (AvgIpc) is 2.92. The molecule has 7 nitrogen and oxygen atoms in total. The number of nitrogens with one attached hydrogen (secondary N) is 2. The monoisotopic (exact) mass is 369 g/mol. The Labute approximate surface area is 157 Å². The van der Waals surface area contributed by atoms with Crippen LogP contribution in [0.1, 0.15) is 61.3 Å². The zero-order chi connectivity index (χ0) is 20.1. The van der Waals surface area contributed by atoms with Gasteiger partial charge < -0.3 is 20.3 Å². The smallest absolute Gasteiger partial charge is 0.325 e. The van der Waals surface area contributed by atoms with Gasteiger partial charge in [-0.1, -0.05) is 41.5 Å². The van der Waals surface area contributed by atoms with Gasteiger partial charge in [-0.25, -0.2) is 4.79 Å². The number of carbonyl (C=O) groups is 3. The maximum absolute atomic E-state index is 12.9. The lowest BCUT2D eigenvalue weighted by Gasteiger charge is -2.35. The molecule has 2 unspecified atom stereocenters. The first-order chi connectivity index (χ1) is 11.8. The molecule has 2 N–H and O–H groups in total. The second-order valence-electron chi connectivity index (χ2n) is 9.37. The van der Waals surface area contributed by atoms with E-state index in [1.54, 1.807) is 0 Å². The van der Waals surface area contributed by atoms with Crippen LogP contribution in [0.15, 0.2) is 0 Å². The largest absolute Gasteiger partial charge is 0.464 e. The molecule has 1 saturated heterocycles. The van der Waals surface area contributed by atoms with Gasteiger partial charge in [-0.2, -0.15) is 0 Å². The van der Waals surface area contributed by atoms with Gasteiger partial charge in [0, 0.05) is 12.6 Å². The quantitative estimate of drug-likeness (QED) is 0.728. The first-order valence-electron chi connectivity index (χ1n) is 9.32. The SMILES string of the molecule is CC1CCCN1C(=O)C(NC(=O)NCC(=O)OCC(C)(C)C)C(C)(C)C. The summed E-state index contributed by atoms with van der Waals surface area (Å²) in [7, 11) is 0. The van der Waals surface area contributed by atoms with Crippen molar-refractivity contribution < 1.29 is 19.1 Å². The van der Waals surface area contributed by atoms with E-state index in [0.717, 1.165) is 19.4 Å². The molecule has 0 aromatic carbocycles. The van der Waals surface area contributed by atoms with Crippen molar-refractivity contribution in [1.82, 2.24) is 15.5 Å². The number of ether oxygens (including phenoxy) is 1. The minimum absolute atomic E-state index is 0.0760. The predicted molar refractivity (Wildman–Crippen MR) is 101 cm³/mol.